The average molecular weight is 464 g/mol. The summed E-state index contributed by atoms with van der Waals surface area (Å²) in [5, 5.41) is 7.19. The number of hydrogen-bond acceptors (Lipinski definition) is 3. The van der Waals surface area contributed by atoms with Crippen molar-refractivity contribution in [3.8, 4) is 0 Å². The molecule has 1 saturated heterocycles. The number of carbonyl (C=O) groups excluding carboxylic acids is 1. The molecule has 7 heteroatoms. The lowest BCUT2D eigenvalue weighted by Gasteiger charge is -2.31. The maximum atomic E-state index is 11.9. The number of aliphatic imine (C=N–C) groups is 1. The number of carbonyl (C=O) groups is 1. The van der Waals surface area contributed by atoms with Gasteiger partial charge in [-0.2, -0.15) is 0 Å². The molecule has 5 atom stereocenters. The minimum Gasteiger partial charge on any atom is -0.378 e. The van der Waals surface area contributed by atoms with Gasteiger partial charge in [-0.15, -0.1) is 24.0 Å². The van der Waals surface area contributed by atoms with Gasteiger partial charge < -0.3 is 20.3 Å². The van der Waals surface area contributed by atoms with E-state index in [9.17, 15) is 4.79 Å². The Morgan fingerprint density at radius 3 is 2.56 bits per heavy atom. The number of amides is 1. The molecule has 1 amide bonds. The van der Waals surface area contributed by atoms with Crippen molar-refractivity contribution in [2.45, 2.75) is 63.6 Å². The zero-order chi connectivity index (χ0) is 17.1. The van der Waals surface area contributed by atoms with Crippen LogP contribution in [0.15, 0.2) is 4.99 Å². The first-order valence-electron chi connectivity index (χ1n) is 9.40. The van der Waals surface area contributed by atoms with Gasteiger partial charge in [0.25, 0.3) is 0 Å². The smallest absolute Gasteiger partial charge is 0.243 e. The number of hydrogen-bond donors (Lipinski definition) is 2. The molecule has 1 heterocycles. The van der Waals surface area contributed by atoms with Gasteiger partial charge >= 0.3 is 0 Å². The summed E-state index contributed by atoms with van der Waals surface area (Å²) in [6, 6.07) is 0.884. The Labute approximate surface area is 168 Å². The molecule has 5 unspecified atom stereocenters. The third kappa shape index (κ3) is 5.70. The van der Waals surface area contributed by atoms with E-state index >= 15 is 0 Å². The summed E-state index contributed by atoms with van der Waals surface area (Å²) in [6.45, 7) is 3.10. The van der Waals surface area contributed by atoms with Crippen LogP contribution in [0.4, 0.5) is 0 Å². The van der Waals surface area contributed by atoms with Crippen molar-refractivity contribution in [3.63, 3.8) is 0 Å². The number of guanidine groups is 1. The monoisotopic (exact) mass is 464 g/mol. The van der Waals surface area contributed by atoms with Gasteiger partial charge in [-0.3, -0.25) is 4.79 Å². The minimum absolute atomic E-state index is 0. The third-order valence-electron chi connectivity index (χ3n) is 5.76. The van der Waals surface area contributed by atoms with Crippen LogP contribution in [0.1, 0.15) is 45.4 Å². The lowest BCUT2D eigenvalue weighted by molar-refractivity contribution is -0.127. The number of rotatable bonds is 4. The Balaban J connectivity index is 0.00000225. The van der Waals surface area contributed by atoms with Gasteiger partial charge in [0.1, 0.15) is 6.54 Å². The summed E-state index contributed by atoms with van der Waals surface area (Å²) in [5.41, 5.74) is 0. The maximum absolute atomic E-state index is 11.9. The Bertz CT molecular complexity index is 486. The second-order valence-electron chi connectivity index (χ2n) is 7.93. The molecule has 0 spiro atoms. The SMILES string of the molecule is CC1CC(NC(=NCC(=O)N(C)C)NC2CC3CCC2C3)CCO1.I. The van der Waals surface area contributed by atoms with Crippen LogP contribution in [-0.2, 0) is 9.53 Å². The van der Waals surface area contributed by atoms with Crippen molar-refractivity contribution < 1.29 is 9.53 Å². The molecule has 25 heavy (non-hydrogen) atoms. The van der Waals surface area contributed by atoms with Crippen molar-refractivity contribution in [3.05, 3.63) is 0 Å². The number of nitrogens with one attached hydrogen (secondary N) is 2. The molecular formula is C18H33IN4O2. The van der Waals surface area contributed by atoms with Crippen molar-refractivity contribution in [1.29, 1.82) is 0 Å². The lowest BCUT2D eigenvalue weighted by Crippen LogP contribution is -2.51. The van der Waals surface area contributed by atoms with E-state index in [1.165, 1.54) is 25.7 Å². The molecule has 0 radical (unpaired) electrons. The summed E-state index contributed by atoms with van der Waals surface area (Å²) in [6.07, 6.45) is 7.58. The number of fused-ring (bicyclic) bond motifs is 2. The van der Waals surface area contributed by atoms with Crippen LogP contribution in [-0.4, -0.2) is 62.2 Å². The van der Waals surface area contributed by atoms with Crippen molar-refractivity contribution >= 4 is 35.8 Å². The predicted octanol–water partition coefficient (Wildman–Crippen LogP) is 1.98. The molecule has 2 saturated carbocycles. The predicted molar refractivity (Wildman–Crippen MR) is 110 cm³/mol. The summed E-state index contributed by atoms with van der Waals surface area (Å²) >= 11 is 0. The van der Waals surface area contributed by atoms with Crippen LogP contribution in [0.25, 0.3) is 0 Å². The number of ether oxygens (including phenoxy) is 1. The Kier molecular flexibility index (Phi) is 7.79. The molecular weight excluding hydrogens is 431 g/mol. The molecule has 0 aromatic heterocycles. The fourth-order valence-corrected chi connectivity index (χ4v) is 4.34. The highest BCUT2D eigenvalue weighted by Crippen LogP contribution is 2.44. The number of likely N-dealkylation sites (N-methyl/N-ethyl adjacent to an activating group) is 1. The standard InChI is InChI=1S/C18H32N4O2.HI/c1-12-8-15(6-7-24-12)20-18(19-11-17(23)22(2)3)21-16-10-13-4-5-14(16)9-13;/h12-16H,4-11H2,1-3H3,(H2,19,20,21);1H. The van der Waals surface area contributed by atoms with Crippen LogP contribution >= 0.6 is 24.0 Å². The van der Waals surface area contributed by atoms with E-state index in [1.807, 2.05) is 0 Å². The lowest BCUT2D eigenvalue weighted by atomic mass is 9.95. The summed E-state index contributed by atoms with van der Waals surface area (Å²) in [4.78, 5) is 18.1. The molecule has 3 fully saturated rings. The first kappa shape index (κ1) is 20.7. The first-order valence-corrected chi connectivity index (χ1v) is 9.40. The van der Waals surface area contributed by atoms with Crippen molar-refractivity contribution in [2.24, 2.45) is 16.8 Å². The molecule has 3 rings (SSSR count). The van der Waals surface area contributed by atoms with E-state index in [0.29, 0.717) is 12.1 Å². The maximum Gasteiger partial charge on any atom is 0.243 e. The molecule has 144 valence electrons. The van der Waals surface area contributed by atoms with Crippen LogP contribution in [0.2, 0.25) is 0 Å². The van der Waals surface area contributed by atoms with Crippen LogP contribution in [0, 0.1) is 11.8 Å². The second-order valence-corrected chi connectivity index (χ2v) is 7.93. The van der Waals surface area contributed by atoms with Gasteiger partial charge in [0.05, 0.1) is 6.10 Å². The Hall–Kier alpha value is -0.570. The van der Waals surface area contributed by atoms with Crippen molar-refractivity contribution in [1.82, 2.24) is 15.5 Å². The number of nitrogens with zero attached hydrogens (tertiary/aromatic N) is 2. The second kappa shape index (κ2) is 9.39. The zero-order valence-electron chi connectivity index (χ0n) is 15.7. The molecule has 6 nitrogen and oxygen atoms in total. The Morgan fingerprint density at radius 1 is 1.16 bits per heavy atom. The molecule has 2 N–H and O–H groups in total. The van der Waals surface area contributed by atoms with Gasteiger partial charge in [0.15, 0.2) is 5.96 Å². The normalized spacial score (nSPS) is 34.4. The summed E-state index contributed by atoms with van der Waals surface area (Å²) in [7, 11) is 3.54. The minimum atomic E-state index is 0. The molecule has 0 aromatic carbocycles. The molecule has 1 aliphatic heterocycles. The first-order chi connectivity index (χ1) is 11.5. The fraction of sp³-hybridized carbons (Fsp3) is 0.889. The highest BCUT2D eigenvalue weighted by Gasteiger charge is 2.40. The van der Waals surface area contributed by atoms with Crippen LogP contribution in [0.5, 0.6) is 0 Å². The fourth-order valence-electron chi connectivity index (χ4n) is 4.34. The van der Waals surface area contributed by atoms with E-state index in [1.54, 1.807) is 19.0 Å². The topological polar surface area (TPSA) is 66.0 Å². The summed E-state index contributed by atoms with van der Waals surface area (Å²) < 4.78 is 5.63. The van der Waals surface area contributed by atoms with Crippen LogP contribution < -0.4 is 10.6 Å². The number of halogens is 1. The van der Waals surface area contributed by atoms with E-state index in [0.717, 1.165) is 37.2 Å². The molecule has 2 aliphatic carbocycles. The average Bonchev–Trinajstić information content (AvgIpc) is 3.15. The quantitative estimate of drug-likeness (QED) is 0.380. The Morgan fingerprint density at radius 2 is 1.96 bits per heavy atom. The van der Waals surface area contributed by atoms with Gasteiger partial charge in [-0.1, -0.05) is 6.42 Å². The van der Waals surface area contributed by atoms with Gasteiger partial charge in [-0.05, 0) is 50.9 Å². The van der Waals surface area contributed by atoms with Gasteiger partial charge in [0, 0.05) is 32.8 Å². The van der Waals surface area contributed by atoms with Gasteiger partial charge in [0.2, 0.25) is 5.91 Å². The summed E-state index contributed by atoms with van der Waals surface area (Å²) in [5.74, 6) is 2.51. The molecule has 3 aliphatic rings. The highest BCUT2D eigenvalue weighted by molar-refractivity contribution is 14.0. The van der Waals surface area contributed by atoms with Crippen LogP contribution in [0.3, 0.4) is 0 Å². The van der Waals surface area contributed by atoms with Crippen molar-refractivity contribution in [2.75, 3.05) is 27.2 Å². The highest BCUT2D eigenvalue weighted by atomic mass is 127. The zero-order valence-corrected chi connectivity index (χ0v) is 18.0. The van der Waals surface area contributed by atoms with E-state index in [2.05, 4.69) is 22.5 Å². The molecule has 2 bridgehead atoms. The third-order valence-corrected chi connectivity index (χ3v) is 5.76. The molecule has 0 aromatic rings. The van der Waals surface area contributed by atoms with E-state index < -0.39 is 0 Å². The van der Waals surface area contributed by atoms with E-state index in [4.69, 9.17) is 4.74 Å². The van der Waals surface area contributed by atoms with Gasteiger partial charge in [-0.25, -0.2) is 4.99 Å². The van der Waals surface area contributed by atoms with E-state index in [-0.39, 0.29) is 42.5 Å². The largest absolute Gasteiger partial charge is 0.378 e.